The number of amides is 1. The summed E-state index contributed by atoms with van der Waals surface area (Å²) in [5.41, 5.74) is 0.0756. The van der Waals surface area contributed by atoms with Crippen molar-refractivity contribution in [1.29, 1.82) is 0 Å². The summed E-state index contributed by atoms with van der Waals surface area (Å²) in [5, 5.41) is 15.8. The van der Waals surface area contributed by atoms with Crippen LogP contribution in [0.3, 0.4) is 0 Å². The smallest absolute Gasteiger partial charge is 0.234 e. The molecule has 0 aromatic rings. The van der Waals surface area contributed by atoms with Gasteiger partial charge in [-0.2, -0.15) is 0 Å². The third-order valence-corrected chi connectivity index (χ3v) is 5.53. The van der Waals surface area contributed by atoms with E-state index in [9.17, 15) is 9.90 Å². The number of carbonyl (C=O) groups is 1. The van der Waals surface area contributed by atoms with Crippen molar-refractivity contribution < 1.29 is 9.90 Å². The van der Waals surface area contributed by atoms with E-state index < -0.39 is 0 Å². The molecule has 0 bridgehead atoms. The third-order valence-electron chi connectivity index (χ3n) is 5.53. The van der Waals surface area contributed by atoms with Crippen molar-refractivity contribution in [2.24, 2.45) is 10.4 Å². The number of aliphatic hydroxyl groups is 1. The van der Waals surface area contributed by atoms with Gasteiger partial charge in [-0.05, 0) is 45.4 Å². The maximum absolute atomic E-state index is 12.0. The van der Waals surface area contributed by atoms with Gasteiger partial charge >= 0.3 is 0 Å². The van der Waals surface area contributed by atoms with Crippen LogP contribution in [0.2, 0.25) is 0 Å². The van der Waals surface area contributed by atoms with Crippen molar-refractivity contribution in [1.82, 2.24) is 20.4 Å². The summed E-state index contributed by atoms with van der Waals surface area (Å²) in [6, 6.07) is 0.183. The highest BCUT2D eigenvalue weighted by molar-refractivity contribution is 5.80. The normalized spacial score (nSPS) is 16.7. The monoisotopic (exact) mass is 383 g/mol. The summed E-state index contributed by atoms with van der Waals surface area (Å²) in [5.74, 6) is 1.05. The van der Waals surface area contributed by atoms with E-state index in [2.05, 4.69) is 41.2 Å². The second kappa shape index (κ2) is 12.2. The van der Waals surface area contributed by atoms with Gasteiger partial charge < -0.3 is 20.6 Å². The van der Waals surface area contributed by atoms with Gasteiger partial charge in [0.25, 0.3) is 0 Å². The first-order chi connectivity index (χ1) is 12.9. The highest BCUT2D eigenvalue weighted by Gasteiger charge is 2.27. The van der Waals surface area contributed by atoms with Crippen LogP contribution in [0.15, 0.2) is 4.99 Å². The lowest BCUT2D eigenvalue weighted by molar-refractivity contribution is -0.123. The van der Waals surface area contributed by atoms with Gasteiger partial charge in [0.2, 0.25) is 5.91 Å². The van der Waals surface area contributed by atoms with Crippen molar-refractivity contribution in [2.75, 3.05) is 52.4 Å². The minimum atomic E-state index is 0.0756. The number of rotatable bonds is 10. The maximum Gasteiger partial charge on any atom is 0.234 e. The lowest BCUT2D eigenvalue weighted by Crippen LogP contribution is -2.54. The molecule has 1 rings (SSSR count). The zero-order valence-electron chi connectivity index (χ0n) is 18.1. The van der Waals surface area contributed by atoms with Crippen LogP contribution in [0.25, 0.3) is 0 Å². The molecule has 27 heavy (non-hydrogen) atoms. The molecule has 0 aromatic carbocycles. The Labute approximate surface area is 165 Å². The predicted octanol–water partition coefficient (Wildman–Crippen LogP) is 1.28. The van der Waals surface area contributed by atoms with E-state index in [1.165, 1.54) is 0 Å². The Bertz CT molecular complexity index is 455. The Kier molecular flexibility index (Phi) is 10.7. The molecule has 1 heterocycles. The number of nitrogens with zero attached hydrogens (tertiary/aromatic N) is 3. The molecule has 7 nitrogen and oxygen atoms in total. The molecule has 0 saturated carbocycles. The quantitative estimate of drug-likeness (QED) is 0.391. The van der Waals surface area contributed by atoms with Gasteiger partial charge in [-0.25, -0.2) is 0 Å². The summed E-state index contributed by atoms with van der Waals surface area (Å²) < 4.78 is 0. The van der Waals surface area contributed by atoms with E-state index in [4.69, 9.17) is 4.99 Å². The number of aliphatic imine (C=N–C) groups is 1. The minimum Gasteiger partial charge on any atom is -0.396 e. The Morgan fingerprint density at radius 3 is 2.26 bits per heavy atom. The molecule has 158 valence electrons. The van der Waals surface area contributed by atoms with Gasteiger partial charge in [-0.1, -0.05) is 13.8 Å². The molecule has 1 aliphatic rings. The first kappa shape index (κ1) is 23.7. The van der Waals surface area contributed by atoms with Crippen molar-refractivity contribution in [3.8, 4) is 0 Å². The van der Waals surface area contributed by atoms with Gasteiger partial charge in [-0.15, -0.1) is 0 Å². The van der Waals surface area contributed by atoms with E-state index >= 15 is 0 Å². The fourth-order valence-corrected chi connectivity index (χ4v) is 3.50. The fraction of sp³-hybridized carbons (Fsp3) is 0.900. The van der Waals surface area contributed by atoms with Gasteiger partial charge in [0.15, 0.2) is 5.96 Å². The molecule has 1 aliphatic heterocycles. The van der Waals surface area contributed by atoms with Crippen LogP contribution in [0, 0.1) is 5.41 Å². The van der Waals surface area contributed by atoms with Crippen molar-refractivity contribution in [2.45, 2.75) is 59.9 Å². The second-order valence-electron chi connectivity index (χ2n) is 7.84. The largest absolute Gasteiger partial charge is 0.396 e. The average Bonchev–Trinajstić information content (AvgIpc) is 2.64. The number of aliphatic hydroxyl groups excluding tert-OH is 1. The number of guanidine groups is 1. The highest BCUT2D eigenvalue weighted by Crippen LogP contribution is 2.30. The van der Waals surface area contributed by atoms with Gasteiger partial charge in [0.05, 0.1) is 6.54 Å². The molecule has 7 heteroatoms. The minimum absolute atomic E-state index is 0.0756. The van der Waals surface area contributed by atoms with Gasteiger partial charge in [0, 0.05) is 51.9 Å². The molecule has 0 spiro atoms. The molecule has 3 N–H and O–H groups in total. The Morgan fingerprint density at radius 1 is 1.15 bits per heavy atom. The molecule has 0 unspecified atom stereocenters. The van der Waals surface area contributed by atoms with Crippen LogP contribution in [0.4, 0.5) is 0 Å². The van der Waals surface area contributed by atoms with Crippen molar-refractivity contribution in [3.63, 3.8) is 0 Å². The molecule has 1 amide bonds. The molecular formula is C20H41N5O2. The Morgan fingerprint density at radius 2 is 1.78 bits per heavy atom. The summed E-state index contributed by atoms with van der Waals surface area (Å²) in [7, 11) is 0. The highest BCUT2D eigenvalue weighted by atomic mass is 16.3. The Balaban J connectivity index is 2.65. The first-order valence-electron chi connectivity index (χ1n) is 10.6. The lowest BCUT2D eigenvalue weighted by atomic mass is 9.79. The number of carbonyl (C=O) groups excluding carboxylic acids is 1. The average molecular weight is 384 g/mol. The summed E-state index contributed by atoms with van der Waals surface area (Å²) >= 11 is 0. The molecule has 1 fully saturated rings. The second-order valence-corrected chi connectivity index (χ2v) is 7.84. The van der Waals surface area contributed by atoms with E-state index in [1.807, 2.05) is 13.8 Å². The SMILES string of the molecule is CCNC(=NCC(CC)(CC)CCO)N1CCN(CC(=O)NC(C)C)CC1. The van der Waals surface area contributed by atoms with Crippen LogP contribution in [-0.4, -0.2) is 85.2 Å². The molecule has 0 radical (unpaired) electrons. The molecule has 0 aromatic heterocycles. The van der Waals surface area contributed by atoms with Crippen LogP contribution >= 0.6 is 0 Å². The molecule has 0 atom stereocenters. The number of hydrogen-bond acceptors (Lipinski definition) is 4. The van der Waals surface area contributed by atoms with Crippen LogP contribution in [0.5, 0.6) is 0 Å². The van der Waals surface area contributed by atoms with E-state index in [0.717, 1.165) is 64.5 Å². The van der Waals surface area contributed by atoms with Crippen LogP contribution < -0.4 is 10.6 Å². The molecule has 1 saturated heterocycles. The summed E-state index contributed by atoms with van der Waals surface area (Å²) in [4.78, 5) is 21.4. The third kappa shape index (κ3) is 8.05. The lowest BCUT2D eigenvalue weighted by Gasteiger charge is -2.37. The van der Waals surface area contributed by atoms with E-state index in [1.54, 1.807) is 0 Å². The molecule has 0 aliphatic carbocycles. The Hall–Kier alpha value is -1.34. The fourth-order valence-electron chi connectivity index (χ4n) is 3.50. The topological polar surface area (TPSA) is 80.2 Å². The number of piperazine rings is 1. The maximum atomic E-state index is 12.0. The van der Waals surface area contributed by atoms with Crippen LogP contribution in [0.1, 0.15) is 53.9 Å². The van der Waals surface area contributed by atoms with Gasteiger partial charge in [0.1, 0.15) is 0 Å². The predicted molar refractivity (Wildman–Crippen MR) is 112 cm³/mol. The molecular weight excluding hydrogens is 342 g/mol. The first-order valence-corrected chi connectivity index (χ1v) is 10.6. The zero-order chi connectivity index (χ0) is 20.3. The van der Waals surface area contributed by atoms with Crippen molar-refractivity contribution in [3.05, 3.63) is 0 Å². The van der Waals surface area contributed by atoms with Gasteiger partial charge in [-0.3, -0.25) is 14.7 Å². The summed E-state index contributed by atoms with van der Waals surface area (Å²) in [6.45, 7) is 16.1. The number of hydrogen-bond donors (Lipinski definition) is 3. The van der Waals surface area contributed by atoms with Crippen molar-refractivity contribution >= 4 is 11.9 Å². The van der Waals surface area contributed by atoms with E-state index in [-0.39, 0.29) is 24.0 Å². The summed E-state index contributed by atoms with van der Waals surface area (Å²) in [6.07, 6.45) is 2.83. The zero-order valence-corrected chi connectivity index (χ0v) is 18.1. The van der Waals surface area contributed by atoms with E-state index in [0.29, 0.717) is 6.54 Å². The standard InChI is InChI=1S/C20H41N5O2/c1-6-20(7-2,9-14-26)16-22-19(21-8-3)25-12-10-24(11-13-25)15-18(27)23-17(4)5/h17,26H,6-16H2,1-5H3,(H,21,22)(H,23,27). The van der Waals surface area contributed by atoms with Crippen LogP contribution in [-0.2, 0) is 4.79 Å². The number of nitrogens with one attached hydrogen (secondary N) is 2.